The van der Waals surface area contributed by atoms with Gasteiger partial charge in [0.1, 0.15) is 5.82 Å². The predicted molar refractivity (Wildman–Crippen MR) is 69.0 cm³/mol. The molecule has 0 aliphatic rings. The van der Waals surface area contributed by atoms with Gasteiger partial charge in [0.2, 0.25) is 0 Å². The number of carbonyl (C=O) groups is 1. The minimum absolute atomic E-state index is 0.00974. The van der Waals surface area contributed by atoms with Crippen LogP contribution in [0.25, 0.3) is 11.1 Å². The minimum Gasteiger partial charge on any atom is -0.768 e. The van der Waals surface area contributed by atoms with Crippen LogP contribution in [0.3, 0.4) is 0 Å². The Hall–Kier alpha value is -1.85. The highest BCUT2D eigenvalue weighted by molar-refractivity contribution is 7.79. The normalized spacial score (nSPS) is 12.2. The number of ketones is 1. The smallest absolute Gasteiger partial charge is 0.162 e. The van der Waals surface area contributed by atoms with Gasteiger partial charge >= 0.3 is 0 Å². The summed E-state index contributed by atoms with van der Waals surface area (Å²) < 4.78 is 36.0. The van der Waals surface area contributed by atoms with Gasteiger partial charge in [0.25, 0.3) is 0 Å². The Bertz CT molecular complexity index is 667. The number of rotatable bonds is 3. The van der Waals surface area contributed by atoms with E-state index in [1.165, 1.54) is 31.2 Å². The third-order valence-corrected chi connectivity index (χ3v) is 3.44. The summed E-state index contributed by atoms with van der Waals surface area (Å²) >= 11 is -2.40. The molecule has 0 aliphatic carbocycles. The first-order chi connectivity index (χ1) is 9.00. The van der Waals surface area contributed by atoms with Crippen LogP contribution in [-0.2, 0) is 11.1 Å². The monoisotopic (exact) mass is 277 g/mol. The summed E-state index contributed by atoms with van der Waals surface area (Å²) in [5.41, 5.74) is 0.816. The molecule has 1 atom stereocenters. The SMILES string of the molecule is CC(=O)c1ccc(-c2ccccc2S(=O)[O-])cc1F. The van der Waals surface area contributed by atoms with E-state index in [4.69, 9.17) is 0 Å². The highest BCUT2D eigenvalue weighted by Gasteiger charge is 2.11. The topological polar surface area (TPSA) is 57.2 Å². The Morgan fingerprint density at radius 1 is 1.21 bits per heavy atom. The Morgan fingerprint density at radius 2 is 1.89 bits per heavy atom. The van der Waals surface area contributed by atoms with Crippen molar-refractivity contribution < 1.29 is 17.9 Å². The van der Waals surface area contributed by atoms with Crippen LogP contribution in [0.15, 0.2) is 47.4 Å². The lowest BCUT2D eigenvalue weighted by molar-refractivity contribution is 0.101. The molecule has 0 saturated heterocycles. The molecule has 0 spiro atoms. The van der Waals surface area contributed by atoms with Crippen molar-refractivity contribution in [1.82, 2.24) is 0 Å². The van der Waals surface area contributed by atoms with Crippen molar-refractivity contribution in [3.63, 3.8) is 0 Å². The average Bonchev–Trinajstić information content (AvgIpc) is 2.38. The summed E-state index contributed by atoms with van der Waals surface area (Å²) in [5, 5.41) is 0. The maximum atomic E-state index is 13.7. The first-order valence-electron chi connectivity index (χ1n) is 5.50. The molecular formula is C14H10FO3S-. The fourth-order valence-corrected chi connectivity index (χ4v) is 2.37. The Kier molecular flexibility index (Phi) is 3.87. The van der Waals surface area contributed by atoms with E-state index in [0.717, 1.165) is 0 Å². The quantitative estimate of drug-likeness (QED) is 0.640. The molecule has 5 heteroatoms. The number of hydrogen-bond donors (Lipinski definition) is 0. The molecule has 3 nitrogen and oxygen atoms in total. The molecule has 0 bridgehead atoms. The molecule has 0 heterocycles. The van der Waals surface area contributed by atoms with Crippen molar-refractivity contribution in [2.24, 2.45) is 0 Å². The lowest BCUT2D eigenvalue weighted by Gasteiger charge is -2.12. The summed E-state index contributed by atoms with van der Waals surface area (Å²) in [5.74, 6) is -1.03. The second-order valence-electron chi connectivity index (χ2n) is 3.98. The van der Waals surface area contributed by atoms with Crippen molar-refractivity contribution in [2.75, 3.05) is 0 Å². The number of carbonyl (C=O) groups excluding carboxylic acids is 1. The third-order valence-electron chi connectivity index (χ3n) is 2.73. The molecule has 0 aliphatic heterocycles. The second-order valence-corrected chi connectivity index (χ2v) is 4.89. The van der Waals surface area contributed by atoms with E-state index in [0.29, 0.717) is 11.1 Å². The van der Waals surface area contributed by atoms with E-state index in [2.05, 4.69) is 0 Å². The van der Waals surface area contributed by atoms with Crippen LogP contribution in [0.5, 0.6) is 0 Å². The van der Waals surface area contributed by atoms with Gasteiger partial charge in [-0.1, -0.05) is 24.3 Å². The van der Waals surface area contributed by atoms with Gasteiger partial charge in [-0.15, -0.1) is 0 Å². The fourth-order valence-electron chi connectivity index (χ4n) is 1.82. The molecule has 19 heavy (non-hydrogen) atoms. The molecule has 2 aromatic carbocycles. The molecule has 98 valence electrons. The molecule has 0 fully saturated rings. The summed E-state index contributed by atoms with van der Waals surface area (Å²) in [4.78, 5) is 11.2. The van der Waals surface area contributed by atoms with Gasteiger partial charge in [-0.2, -0.15) is 0 Å². The average molecular weight is 277 g/mol. The van der Waals surface area contributed by atoms with E-state index < -0.39 is 16.9 Å². The van der Waals surface area contributed by atoms with Crippen molar-refractivity contribution in [3.05, 3.63) is 53.8 Å². The van der Waals surface area contributed by atoms with E-state index >= 15 is 0 Å². The van der Waals surface area contributed by atoms with E-state index in [1.54, 1.807) is 18.2 Å². The fraction of sp³-hybridized carbons (Fsp3) is 0.0714. The van der Waals surface area contributed by atoms with Crippen molar-refractivity contribution >= 4 is 16.9 Å². The molecule has 0 amide bonds. The molecule has 0 aromatic heterocycles. The lowest BCUT2D eigenvalue weighted by Crippen LogP contribution is -1.98. The molecule has 0 N–H and O–H groups in total. The lowest BCUT2D eigenvalue weighted by atomic mass is 10.0. The Balaban J connectivity index is 2.57. The van der Waals surface area contributed by atoms with Gasteiger partial charge in [0, 0.05) is 4.90 Å². The van der Waals surface area contributed by atoms with E-state index in [-0.39, 0.29) is 16.2 Å². The summed E-state index contributed by atoms with van der Waals surface area (Å²) in [6, 6.07) is 10.4. The van der Waals surface area contributed by atoms with Gasteiger partial charge < -0.3 is 4.55 Å². The third kappa shape index (κ3) is 2.77. The predicted octanol–water partition coefficient (Wildman–Crippen LogP) is 2.93. The van der Waals surface area contributed by atoms with Crippen LogP contribution in [-0.4, -0.2) is 14.5 Å². The summed E-state index contributed by atoms with van der Waals surface area (Å²) in [6.07, 6.45) is 0. The standard InChI is InChI=1S/C14H11FO3S/c1-9(16)11-7-6-10(8-13(11)15)12-4-2-3-5-14(12)19(17)18/h2-8H,1H3,(H,17,18)/p-1. The molecule has 2 aromatic rings. The maximum absolute atomic E-state index is 13.7. The van der Waals surface area contributed by atoms with Gasteiger partial charge in [-0.05, 0) is 47.3 Å². The zero-order chi connectivity index (χ0) is 14.0. The maximum Gasteiger partial charge on any atom is 0.162 e. The number of Topliss-reactive ketones (excluding diaryl/α,β-unsaturated/α-hetero) is 1. The van der Waals surface area contributed by atoms with Crippen LogP contribution >= 0.6 is 0 Å². The summed E-state index contributed by atoms with van der Waals surface area (Å²) in [7, 11) is 0. The van der Waals surface area contributed by atoms with E-state index in [9.17, 15) is 17.9 Å². The Labute approximate surface area is 112 Å². The first-order valence-corrected chi connectivity index (χ1v) is 6.57. The summed E-state index contributed by atoms with van der Waals surface area (Å²) in [6.45, 7) is 1.28. The van der Waals surface area contributed by atoms with Crippen molar-refractivity contribution in [3.8, 4) is 11.1 Å². The van der Waals surface area contributed by atoms with E-state index in [1.807, 2.05) is 0 Å². The first kappa shape index (κ1) is 13.6. The number of halogens is 1. The van der Waals surface area contributed by atoms with Crippen LogP contribution < -0.4 is 0 Å². The zero-order valence-corrected chi connectivity index (χ0v) is 10.9. The molecule has 0 radical (unpaired) electrons. The molecule has 2 rings (SSSR count). The molecular weight excluding hydrogens is 267 g/mol. The van der Waals surface area contributed by atoms with Crippen molar-refractivity contribution in [1.29, 1.82) is 0 Å². The Morgan fingerprint density at radius 3 is 2.47 bits per heavy atom. The van der Waals surface area contributed by atoms with Gasteiger partial charge in [-0.3, -0.25) is 9.00 Å². The molecule has 1 unspecified atom stereocenters. The second kappa shape index (κ2) is 5.42. The van der Waals surface area contributed by atoms with Crippen LogP contribution in [0.1, 0.15) is 17.3 Å². The largest absolute Gasteiger partial charge is 0.768 e. The van der Waals surface area contributed by atoms with Crippen LogP contribution in [0, 0.1) is 5.82 Å². The van der Waals surface area contributed by atoms with Crippen LogP contribution in [0.4, 0.5) is 4.39 Å². The number of hydrogen-bond acceptors (Lipinski definition) is 3. The van der Waals surface area contributed by atoms with Gasteiger partial charge in [0.05, 0.1) is 5.56 Å². The highest BCUT2D eigenvalue weighted by atomic mass is 32.2. The van der Waals surface area contributed by atoms with Gasteiger partial charge in [-0.25, -0.2) is 4.39 Å². The molecule has 0 saturated carbocycles. The zero-order valence-electron chi connectivity index (χ0n) is 10.1. The van der Waals surface area contributed by atoms with Crippen LogP contribution in [0.2, 0.25) is 0 Å². The highest BCUT2D eigenvalue weighted by Crippen LogP contribution is 2.27. The van der Waals surface area contributed by atoms with Gasteiger partial charge in [0.15, 0.2) is 5.78 Å². The minimum atomic E-state index is -2.40. The number of benzene rings is 2. The van der Waals surface area contributed by atoms with Crippen molar-refractivity contribution in [2.45, 2.75) is 11.8 Å².